The molecule has 0 aliphatic heterocycles. The topological polar surface area (TPSA) is 17.1 Å². The van der Waals surface area contributed by atoms with Crippen LogP contribution in [0.2, 0.25) is 5.02 Å². The van der Waals surface area contributed by atoms with Crippen molar-refractivity contribution in [2.75, 3.05) is 0 Å². The molecule has 0 aromatic heterocycles. The third-order valence-corrected chi connectivity index (χ3v) is 4.66. The van der Waals surface area contributed by atoms with Gasteiger partial charge in [0.2, 0.25) is 0 Å². The van der Waals surface area contributed by atoms with Crippen molar-refractivity contribution in [1.82, 2.24) is 0 Å². The number of aryl methyl sites for hydroxylation is 1. The Balaban J connectivity index is 1.95. The van der Waals surface area contributed by atoms with Crippen LogP contribution in [0.4, 0.5) is 0 Å². The molecule has 0 radical (unpaired) electrons. The molecule has 1 fully saturated rings. The second kappa shape index (κ2) is 5.41. The van der Waals surface area contributed by atoms with Gasteiger partial charge in [0.05, 0.1) is 5.02 Å². The molecular weight excluding hydrogens is 268 g/mol. The van der Waals surface area contributed by atoms with E-state index in [1.807, 2.05) is 37.3 Å². The fourth-order valence-corrected chi connectivity index (χ4v) is 2.87. The maximum absolute atomic E-state index is 12.6. The lowest BCUT2D eigenvalue weighted by molar-refractivity contribution is 0.103. The fraction of sp³-hybridized carbons (Fsp3) is 0.278. The maximum Gasteiger partial charge on any atom is 0.194 e. The van der Waals surface area contributed by atoms with E-state index in [0.29, 0.717) is 16.5 Å². The van der Waals surface area contributed by atoms with Gasteiger partial charge >= 0.3 is 0 Å². The van der Waals surface area contributed by atoms with Crippen molar-refractivity contribution in [3.8, 4) is 0 Å². The van der Waals surface area contributed by atoms with Gasteiger partial charge in [-0.25, -0.2) is 0 Å². The van der Waals surface area contributed by atoms with Crippen LogP contribution in [0.1, 0.15) is 52.2 Å². The molecule has 3 rings (SSSR count). The van der Waals surface area contributed by atoms with Gasteiger partial charge < -0.3 is 0 Å². The van der Waals surface area contributed by atoms with Gasteiger partial charge in [-0.3, -0.25) is 4.79 Å². The molecular formula is C18H17ClO. The van der Waals surface area contributed by atoms with E-state index in [1.165, 1.54) is 24.8 Å². The molecule has 1 saturated carbocycles. The van der Waals surface area contributed by atoms with Crippen molar-refractivity contribution in [2.24, 2.45) is 0 Å². The molecule has 1 aliphatic rings. The second-order valence-electron chi connectivity index (χ2n) is 5.52. The van der Waals surface area contributed by atoms with Gasteiger partial charge in [-0.05, 0) is 48.9 Å². The molecule has 0 amide bonds. The van der Waals surface area contributed by atoms with Gasteiger partial charge in [-0.15, -0.1) is 0 Å². The fourth-order valence-electron chi connectivity index (χ4n) is 2.65. The average molecular weight is 285 g/mol. The van der Waals surface area contributed by atoms with Crippen molar-refractivity contribution in [2.45, 2.75) is 32.1 Å². The molecule has 0 atom stereocenters. The van der Waals surface area contributed by atoms with E-state index in [9.17, 15) is 4.79 Å². The zero-order valence-corrected chi connectivity index (χ0v) is 12.3. The van der Waals surface area contributed by atoms with Crippen LogP contribution >= 0.6 is 11.6 Å². The van der Waals surface area contributed by atoms with Crippen molar-refractivity contribution in [3.05, 3.63) is 69.7 Å². The molecule has 0 unspecified atom stereocenters. The Morgan fingerprint density at radius 1 is 1.15 bits per heavy atom. The first-order valence-corrected chi connectivity index (χ1v) is 7.44. The number of carbonyl (C=O) groups is 1. The van der Waals surface area contributed by atoms with E-state index in [0.717, 1.165) is 11.1 Å². The predicted molar refractivity (Wildman–Crippen MR) is 82.7 cm³/mol. The third kappa shape index (κ3) is 2.38. The largest absolute Gasteiger partial charge is 0.289 e. The van der Waals surface area contributed by atoms with Gasteiger partial charge in [0.1, 0.15) is 0 Å². The first-order valence-electron chi connectivity index (χ1n) is 7.06. The standard InChI is InChI=1S/C18H17ClO/c1-12-5-2-10-16(17(12)19)18(20)15-9-4-8-14(11-15)13-6-3-7-13/h2,4-5,8-11,13H,3,6-7H2,1H3. The SMILES string of the molecule is Cc1cccc(C(=O)c2cccc(C3CCC3)c2)c1Cl. The highest BCUT2D eigenvalue weighted by atomic mass is 35.5. The van der Waals surface area contributed by atoms with Crippen molar-refractivity contribution in [3.63, 3.8) is 0 Å². The minimum absolute atomic E-state index is 0.0138. The van der Waals surface area contributed by atoms with Crippen molar-refractivity contribution in [1.29, 1.82) is 0 Å². The molecule has 0 heterocycles. The summed E-state index contributed by atoms with van der Waals surface area (Å²) in [5.74, 6) is 0.649. The Hall–Kier alpha value is -1.60. The Morgan fingerprint density at radius 2 is 1.90 bits per heavy atom. The second-order valence-corrected chi connectivity index (χ2v) is 5.90. The summed E-state index contributed by atoms with van der Waals surface area (Å²) in [4.78, 5) is 12.6. The average Bonchev–Trinajstić information content (AvgIpc) is 2.40. The van der Waals surface area contributed by atoms with E-state index in [2.05, 4.69) is 6.07 Å². The molecule has 1 aliphatic carbocycles. The lowest BCUT2D eigenvalue weighted by Crippen LogP contribution is -2.10. The van der Waals surface area contributed by atoms with Crippen LogP contribution in [0.15, 0.2) is 42.5 Å². The van der Waals surface area contributed by atoms with Crippen LogP contribution in [-0.2, 0) is 0 Å². The van der Waals surface area contributed by atoms with Gasteiger partial charge in [0.25, 0.3) is 0 Å². The molecule has 0 bridgehead atoms. The molecule has 0 spiro atoms. The molecule has 1 nitrogen and oxygen atoms in total. The summed E-state index contributed by atoms with van der Waals surface area (Å²) in [6.45, 7) is 1.92. The highest BCUT2D eigenvalue weighted by Gasteiger charge is 2.21. The molecule has 0 N–H and O–H groups in total. The molecule has 2 heteroatoms. The van der Waals surface area contributed by atoms with Crippen molar-refractivity contribution < 1.29 is 4.79 Å². The third-order valence-electron chi connectivity index (χ3n) is 4.16. The van der Waals surface area contributed by atoms with Crippen LogP contribution in [0.3, 0.4) is 0 Å². The lowest BCUT2D eigenvalue weighted by Gasteiger charge is -2.26. The number of benzene rings is 2. The number of hydrogen-bond donors (Lipinski definition) is 0. The molecule has 0 saturated heterocycles. The lowest BCUT2D eigenvalue weighted by atomic mass is 9.79. The predicted octanol–water partition coefficient (Wildman–Crippen LogP) is 5.15. The summed E-state index contributed by atoms with van der Waals surface area (Å²) < 4.78 is 0. The van der Waals surface area contributed by atoms with E-state index < -0.39 is 0 Å². The minimum Gasteiger partial charge on any atom is -0.289 e. The number of halogens is 1. The number of ketones is 1. The van der Waals surface area contributed by atoms with E-state index in [4.69, 9.17) is 11.6 Å². The van der Waals surface area contributed by atoms with E-state index in [-0.39, 0.29) is 5.78 Å². The minimum atomic E-state index is 0.0138. The molecule has 102 valence electrons. The summed E-state index contributed by atoms with van der Waals surface area (Å²) in [5.41, 5.74) is 3.55. The van der Waals surface area contributed by atoms with E-state index >= 15 is 0 Å². The molecule has 20 heavy (non-hydrogen) atoms. The Labute approximate surface area is 124 Å². The van der Waals surface area contributed by atoms with Gasteiger partial charge in [0.15, 0.2) is 5.78 Å². The monoisotopic (exact) mass is 284 g/mol. The first-order chi connectivity index (χ1) is 9.66. The van der Waals surface area contributed by atoms with Crippen molar-refractivity contribution >= 4 is 17.4 Å². The zero-order chi connectivity index (χ0) is 14.1. The summed E-state index contributed by atoms with van der Waals surface area (Å²) >= 11 is 6.26. The van der Waals surface area contributed by atoms with Gasteiger partial charge in [0, 0.05) is 11.1 Å². The first kappa shape index (κ1) is 13.4. The van der Waals surface area contributed by atoms with E-state index in [1.54, 1.807) is 6.07 Å². The number of rotatable bonds is 3. The summed E-state index contributed by atoms with van der Waals surface area (Å²) in [5, 5.41) is 0.562. The highest BCUT2D eigenvalue weighted by molar-refractivity contribution is 6.35. The van der Waals surface area contributed by atoms with Gasteiger partial charge in [-0.2, -0.15) is 0 Å². The quantitative estimate of drug-likeness (QED) is 0.713. The van der Waals surface area contributed by atoms with Crippen LogP contribution in [0.5, 0.6) is 0 Å². The normalized spacial score (nSPS) is 14.9. The number of carbonyl (C=O) groups excluding carboxylic acids is 1. The summed E-state index contributed by atoms with van der Waals surface area (Å²) in [6.07, 6.45) is 3.78. The van der Waals surface area contributed by atoms with Crippen LogP contribution < -0.4 is 0 Å². The Kier molecular flexibility index (Phi) is 3.62. The zero-order valence-electron chi connectivity index (χ0n) is 11.5. The summed E-state index contributed by atoms with van der Waals surface area (Å²) in [6, 6.07) is 13.6. The number of hydrogen-bond acceptors (Lipinski definition) is 1. The molecule has 2 aromatic rings. The smallest absolute Gasteiger partial charge is 0.194 e. The molecule has 2 aromatic carbocycles. The summed E-state index contributed by atoms with van der Waals surface area (Å²) in [7, 11) is 0. The maximum atomic E-state index is 12.6. The van der Waals surface area contributed by atoms with Crippen LogP contribution in [-0.4, -0.2) is 5.78 Å². The Bertz CT molecular complexity index is 656. The van der Waals surface area contributed by atoms with Crippen LogP contribution in [0.25, 0.3) is 0 Å². The highest BCUT2D eigenvalue weighted by Crippen LogP contribution is 2.36. The Morgan fingerprint density at radius 3 is 2.60 bits per heavy atom. The van der Waals surface area contributed by atoms with Gasteiger partial charge in [-0.1, -0.05) is 48.4 Å². The van der Waals surface area contributed by atoms with Crippen LogP contribution in [0, 0.1) is 6.92 Å².